The Labute approximate surface area is 94.6 Å². The summed E-state index contributed by atoms with van der Waals surface area (Å²) in [6.07, 6.45) is 2.60. The second kappa shape index (κ2) is 4.99. The first-order valence-electron chi connectivity index (χ1n) is 5.42. The molecule has 4 nitrogen and oxygen atoms in total. The van der Waals surface area contributed by atoms with Crippen LogP contribution in [0.1, 0.15) is 22.8 Å². The predicted molar refractivity (Wildman–Crippen MR) is 60.1 cm³/mol. The molecule has 0 amide bonds. The van der Waals surface area contributed by atoms with E-state index in [1.807, 2.05) is 26.0 Å². The molecule has 0 aliphatic carbocycles. The fourth-order valence-corrected chi connectivity index (χ4v) is 1.63. The van der Waals surface area contributed by atoms with Gasteiger partial charge in [-0.25, -0.2) is 0 Å². The van der Waals surface area contributed by atoms with Gasteiger partial charge in [-0.3, -0.25) is 0 Å². The zero-order valence-electron chi connectivity index (χ0n) is 9.62. The maximum absolute atomic E-state index is 5.25. The average Bonchev–Trinajstić information content (AvgIpc) is 2.87. The molecule has 0 fully saturated rings. The SMILES string of the molecule is Cc1noc(C)c1CNCCc1ccco1. The Morgan fingerprint density at radius 2 is 2.25 bits per heavy atom. The molecule has 2 aromatic heterocycles. The van der Waals surface area contributed by atoms with Gasteiger partial charge in [-0.15, -0.1) is 0 Å². The molecule has 0 saturated carbocycles. The van der Waals surface area contributed by atoms with E-state index in [1.54, 1.807) is 6.26 Å². The molecule has 0 atom stereocenters. The topological polar surface area (TPSA) is 51.2 Å². The highest BCUT2D eigenvalue weighted by atomic mass is 16.5. The Kier molecular flexibility index (Phi) is 3.41. The molecule has 4 heteroatoms. The van der Waals surface area contributed by atoms with Crippen molar-refractivity contribution in [3.63, 3.8) is 0 Å². The Bertz CT molecular complexity index is 412. The third kappa shape index (κ3) is 2.52. The van der Waals surface area contributed by atoms with Gasteiger partial charge in [0, 0.05) is 25.1 Å². The molecule has 2 heterocycles. The van der Waals surface area contributed by atoms with Gasteiger partial charge in [0.1, 0.15) is 11.5 Å². The van der Waals surface area contributed by atoms with E-state index in [9.17, 15) is 0 Å². The van der Waals surface area contributed by atoms with Crippen molar-refractivity contribution in [1.82, 2.24) is 10.5 Å². The van der Waals surface area contributed by atoms with Crippen LogP contribution in [0.25, 0.3) is 0 Å². The van der Waals surface area contributed by atoms with Gasteiger partial charge in [0.05, 0.1) is 12.0 Å². The van der Waals surface area contributed by atoms with E-state index in [0.717, 1.165) is 42.3 Å². The molecule has 0 aliphatic rings. The molecule has 0 spiro atoms. The summed E-state index contributed by atoms with van der Waals surface area (Å²) in [5.41, 5.74) is 2.11. The Morgan fingerprint density at radius 1 is 1.38 bits per heavy atom. The van der Waals surface area contributed by atoms with Crippen LogP contribution in [-0.2, 0) is 13.0 Å². The molecular weight excluding hydrogens is 204 g/mol. The third-order valence-electron chi connectivity index (χ3n) is 2.61. The highest BCUT2D eigenvalue weighted by Gasteiger charge is 2.07. The van der Waals surface area contributed by atoms with Gasteiger partial charge in [0.15, 0.2) is 0 Å². The van der Waals surface area contributed by atoms with E-state index in [1.165, 1.54) is 0 Å². The van der Waals surface area contributed by atoms with Crippen molar-refractivity contribution in [3.05, 3.63) is 41.2 Å². The molecule has 16 heavy (non-hydrogen) atoms. The molecule has 0 unspecified atom stereocenters. The van der Waals surface area contributed by atoms with Gasteiger partial charge in [0.25, 0.3) is 0 Å². The van der Waals surface area contributed by atoms with Crippen LogP contribution >= 0.6 is 0 Å². The smallest absolute Gasteiger partial charge is 0.138 e. The van der Waals surface area contributed by atoms with Crippen LogP contribution in [0.4, 0.5) is 0 Å². The van der Waals surface area contributed by atoms with Crippen molar-refractivity contribution < 1.29 is 8.94 Å². The lowest BCUT2D eigenvalue weighted by Crippen LogP contribution is -2.17. The van der Waals surface area contributed by atoms with Crippen LogP contribution in [-0.4, -0.2) is 11.7 Å². The fourth-order valence-electron chi connectivity index (χ4n) is 1.63. The summed E-state index contributed by atoms with van der Waals surface area (Å²) in [7, 11) is 0. The Morgan fingerprint density at radius 3 is 2.88 bits per heavy atom. The lowest BCUT2D eigenvalue weighted by molar-refractivity contribution is 0.392. The molecule has 86 valence electrons. The number of hydrogen-bond acceptors (Lipinski definition) is 4. The number of furan rings is 1. The van der Waals surface area contributed by atoms with Crippen LogP contribution in [0.3, 0.4) is 0 Å². The number of nitrogens with zero attached hydrogens (tertiary/aromatic N) is 1. The average molecular weight is 220 g/mol. The van der Waals surface area contributed by atoms with Gasteiger partial charge >= 0.3 is 0 Å². The van der Waals surface area contributed by atoms with E-state index in [0.29, 0.717) is 0 Å². The maximum Gasteiger partial charge on any atom is 0.138 e. The normalized spacial score (nSPS) is 10.9. The Hall–Kier alpha value is -1.55. The van der Waals surface area contributed by atoms with Crippen LogP contribution in [0, 0.1) is 13.8 Å². The summed E-state index contributed by atoms with van der Waals surface area (Å²) in [6.45, 7) is 5.57. The summed E-state index contributed by atoms with van der Waals surface area (Å²) < 4.78 is 10.3. The first-order chi connectivity index (χ1) is 7.77. The zero-order valence-corrected chi connectivity index (χ0v) is 9.62. The largest absolute Gasteiger partial charge is 0.469 e. The summed E-state index contributed by atoms with van der Waals surface area (Å²) in [4.78, 5) is 0. The number of aromatic nitrogens is 1. The minimum atomic E-state index is 0.794. The molecule has 2 aromatic rings. The standard InChI is InChI=1S/C12H16N2O2/c1-9-12(10(2)16-14-9)8-13-6-5-11-4-3-7-15-11/h3-4,7,13H,5-6,8H2,1-2H3. The molecule has 0 saturated heterocycles. The van der Waals surface area contributed by atoms with E-state index < -0.39 is 0 Å². The van der Waals surface area contributed by atoms with Crippen molar-refractivity contribution in [2.24, 2.45) is 0 Å². The molecule has 0 bridgehead atoms. The summed E-state index contributed by atoms with van der Waals surface area (Å²) in [6, 6.07) is 3.89. The first-order valence-corrected chi connectivity index (χ1v) is 5.42. The molecule has 0 aromatic carbocycles. The number of nitrogens with one attached hydrogen (secondary N) is 1. The third-order valence-corrected chi connectivity index (χ3v) is 2.61. The zero-order chi connectivity index (χ0) is 11.4. The highest BCUT2D eigenvalue weighted by molar-refractivity contribution is 5.20. The van der Waals surface area contributed by atoms with E-state index in [4.69, 9.17) is 8.94 Å². The van der Waals surface area contributed by atoms with Crippen LogP contribution in [0.2, 0.25) is 0 Å². The van der Waals surface area contributed by atoms with Crippen LogP contribution in [0.5, 0.6) is 0 Å². The van der Waals surface area contributed by atoms with Crippen molar-refractivity contribution in [2.45, 2.75) is 26.8 Å². The number of aryl methyl sites for hydroxylation is 2. The highest BCUT2D eigenvalue weighted by Crippen LogP contribution is 2.11. The van der Waals surface area contributed by atoms with Crippen molar-refractivity contribution in [3.8, 4) is 0 Å². The summed E-state index contributed by atoms with van der Waals surface area (Å²) in [5, 5.41) is 7.26. The quantitative estimate of drug-likeness (QED) is 0.785. The van der Waals surface area contributed by atoms with Crippen molar-refractivity contribution in [1.29, 1.82) is 0 Å². The number of rotatable bonds is 5. The maximum atomic E-state index is 5.25. The van der Waals surface area contributed by atoms with Gasteiger partial charge < -0.3 is 14.3 Å². The molecular formula is C12H16N2O2. The molecule has 2 rings (SSSR count). The minimum Gasteiger partial charge on any atom is -0.469 e. The van der Waals surface area contributed by atoms with E-state index >= 15 is 0 Å². The molecule has 1 N–H and O–H groups in total. The van der Waals surface area contributed by atoms with Gasteiger partial charge in [0.2, 0.25) is 0 Å². The molecule has 0 aliphatic heterocycles. The van der Waals surface area contributed by atoms with Gasteiger partial charge in [-0.2, -0.15) is 0 Å². The van der Waals surface area contributed by atoms with Gasteiger partial charge in [-0.1, -0.05) is 5.16 Å². The lowest BCUT2D eigenvalue weighted by Gasteiger charge is -2.02. The second-order valence-electron chi connectivity index (χ2n) is 3.81. The van der Waals surface area contributed by atoms with E-state index in [-0.39, 0.29) is 0 Å². The first kappa shape index (κ1) is 11.0. The van der Waals surface area contributed by atoms with Crippen LogP contribution in [0.15, 0.2) is 27.3 Å². The Balaban J connectivity index is 1.76. The summed E-state index contributed by atoms with van der Waals surface area (Å²) >= 11 is 0. The van der Waals surface area contributed by atoms with Crippen molar-refractivity contribution in [2.75, 3.05) is 6.54 Å². The minimum absolute atomic E-state index is 0.794. The summed E-state index contributed by atoms with van der Waals surface area (Å²) in [5.74, 6) is 1.90. The number of hydrogen-bond donors (Lipinski definition) is 1. The fraction of sp³-hybridized carbons (Fsp3) is 0.417. The second-order valence-corrected chi connectivity index (χ2v) is 3.81. The molecule has 0 radical (unpaired) electrons. The van der Waals surface area contributed by atoms with Crippen molar-refractivity contribution >= 4 is 0 Å². The monoisotopic (exact) mass is 220 g/mol. The van der Waals surface area contributed by atoms with Crippen LogP contribution < -0.4 is 5.32 Å². The van der Waals surface area contributed by atoms with Gasteiger partial charge in [-0.05, 0) is 26.0 Å². The van der Waals surface area contributed by atoms with E-state index in [2.05, 4.69) is 10.5 Å². The lowest BCUT2D eigenvalue weighted by atomic mass is 10.2. The predicted octanol–water partition coefficient (Wildman–Crippen LogP) is 2.22.